The van der Waals surface area contributed by atoms with Gasteiger partial charge in [0.2, 0.25) is 0 Å². The first-order valence-corrected chi connectivity index (χ1v) is 8.21. The molecule has 0 radical (unpaired) electrons. The fraction of sp³-hybridized carbons (Fsp3) is 0.529. The molecule has 0 unspecified atom stereocenters. The van der Waals surface area contributed by atoms with E-state index in [0.717, 1.165) is 41.9 Å². The van der Waals surface area contributed by atoms with E-state index < -0.39 is 0 Å². The van der Waals surface area contributed by atoms with Gasteiger partial charge in [0.05, 0.1) is 6.61 Å². The molecule has 0 spiro atoms. The van der Waals surface area contributed by atoms with Gasteiger partial charge in [0, 0.05) is 16.6 Å². The highest BCUT2D eigenvalue weighted by Crippen LogP contribution is 2.27. The van der Waals surface area contributed by atoms with E-state index in [1.165, 1.54) is 5.57 Å². The molecule has 112 valence electrons. The lowest BCUT2D eigenvalue weighted by Gasteiger charge is -2.14. The summed E-state index contributed by atoms with van der Waals surface area (Å²) in [6.45, 7) is 11.4. The molecule has 0 saturated carbocycles. The maximum absolute atomic E-state index is 5.84. The number of nitrogens with one attached hydrogen (secondary N) is 1. The van der Waals surface area contributed by atoms with Crippen molar-refractivity contribution < 1.29 is 4.74 Å². The van der Waals surface area contributed by atoms with Crippen LogP contribution in [0, 0.1) is 5.92 Å². The zero-order valence-corrected chi connectivity index (χ0v) is 14.6. The first-order chi connectivity index (χ1) is 9.58. The second kappa shape index (κ2) is 9.19. The zero-order chi connectivity index (χ0) is 15.0. The van der Waals surface area contributed by atoms with Crippen LogP contribution in [0.15, 0.2) is 28.2 Å². The van der Waals surface area contributed by atoms with Gasteiger partial charge in [-0.2, -0.15) is 0 Å². The molecule has 0 amide bonds. The Hall–Kier alpha value is -0.800. The summed E-state index contributed by atoms with van der Waals surface area (Å²) in [5.41, 5.74) is 2.54. The van der Waals surface area contributed by atoms with Crippen LogP contribution in [0.3, 0.4) is 0 Å². The molecule has 0 fully saturated rings. The van der Waals surface area contributed by atoms with Crippen molar-refractivity contribution in [3.8, 4) is 5.75 Å². The number of likely N-dealkylation sites (N-methyl/N-ethyl adjacent to an activating group) is 1. The summed E-state index contributed by atoms with van der Waals surface area (Å²) in [6.07, 6.45) is 3.27. The van der Waals surface area contributed by atoms with Crippen molar-refractivity contribution in [1.82, 2.24) is 5.32 Å². The fourth-order valence-electron chi connectivity index (χ4n) is 1.87. The van der Waals surface area contributed by atoms with E-state index in [-0.39, 0.29) is 0 Å². The van der Waals surface area contributed by atoms with Crippen molar-refractivity contribution in [3.63, 3.8) is 0 Å². The Morgan fingerprint density at radius 1 is 1.35 bits per heavy atom. The Morgan fingerprint density at radius 2 is 2.10 bits per heavy atom. The lowest BCUT2D eigenvalue weighted by Crippen LogP contribution is -2.18. The second-order valence-corrected chi connectivity index (χ2v) is 6.10. The fourth-order valence-corrected chi connectivity index (χ4v) is 2.25. The maximum atomic E-state index is 5.84. The number of halogens is 1. The summed E-state index contributed by atoms with van der Waals surface area (Å²) >= 11 is 3.54. The molecule has 1 N–H and O–H groups in total. The minimum atomic E-state index is 0.520. The Kier molecular flexibility index (Phi) is 7.93. The number of hydrogen-bond donors (Lipinski definition) is 1. The van der Waals surface area contributed by atoms with Gasteiger partial charge in [-0.15, -0.1) is 0 Å². The van der Waals surface area contributed by atoms with E-state index in [0.29, 0.717) is 5.92 Å². The van der Waals surface area contributed by atoms with Gasteiger partial charge in [0.25, 0.3) is 0 Å². The average Bonchev–Trinajstić information content (AvgIpc) is 2.42. The molecule has 0 atom stereocenters. The molecule has 1 rings (SSSR count). The Labute approximate surface area is 131 Å². The van der Waals surface area contributed by atoms with Gasteiger partial charge < -0.3 is 10.1 Å². The van der Waals surface area contributed by atoms with Crippen molar-refractivity contribution in [3.05, 3.63) is 33.8 Å². The molecule has 1 aromatic carbocycles. The third-order valence-electron chi connectivity index (χ3n) is 3.10. The molecule has 0 saturated heterocycles. The van der Waals surface area contributed by atoms with Gasteiger partial charge in [-0.1, -0.05) is 55.3 Å². The van der Waals surface area contributed by atoms with Gasteiger partial charge >= 0.3 is 0 Å². The zero-order valence-electron chi connectivity index (χ0n) is 13.0. The van der Waals surface area contributed by atoms with Gasteiger partial charge in [0.15, 0.2) is 0 Å². The molecule has 0 aliphatic heterocycles. The Balaban J connectivity index is 3.03. The minimum absolute atomic E-state index is 0.520. The van der Waals surface area contributed by atoms with Crippen LogP contribution in [-0.4, -0.2) is 19.7 Å². The van der Waals surface area contributed by atoms with Crippen LogP contribution in [0.25, 0.3) is 6.08 Å². The van der Waals surface area contributed by atoms with E-state index in [4.69, 9.17) is 4.74 Å². The van der Waals surface area contributed by atoms with Crippen molar-refractivity contribution in [2.75, 3.05) is 19.7 Å². The van der Waals surface area contributed by atoms with Crippen molar-refractivity contribution in [2.24, 2.45) is 5.92 Å². The van der Waals surface area contributed by atoms with E-state index in [1.807, 2.05) is 12.1 Å². The largest absolute Gasteiger partial charge is 0.493 e. The monoisotopic (exact) mass is 339 g/mol. The van der Waals surface area contributed by atoms with E-state index in [9.17, 15) is 0 Å². The molecule has 0 heterocycles. The lowest BCUT2D eigenvalue weighted by atomic mass is 10.00. The average molecular weight is 340 g/mol. The minimum Gasteiger partial charge on any atom is -0.493 e. The van der Waals surface area contributed by atoms with Gasteiger partial charge in [-0.05, 0) is 37.1 Å². The SMILES string of the molecule is CCCOc1ccc(Br)cc1C=C(CNCC)C(C)C. The highest BCUT2D eigenvalue weighted by molar-refractivity contribution is 9.10. The predicted octanol–water partition coefficient (Wildman–Crippen LogP) is 4.89. The number of rotatable bonds is 8. The van der Waals surface area contributed by atoms with Crippen LogP contribution in [0.5, 0.6) is 5.75 Å². The lowest BCUT2D eigenvalue weighted by molar-refractivity contribution is 0.316. The standard InChI is InChI=1S/C17H26BrNO/c1-5-9-20-17-8-7-16(18)11-14(17)10-15(13(3)4)12-19-6-2/h7-8,10-11,13,19H,5-6,9,12H2,1-4H3. The van der Waals surface area contributed by atoms with Crippen molar-refractivity contribution in [1.29, 1.82) is 0 Å². The summed E-state index contributed by atoms with van der Waals surface area (Å²) < 4.78 is 6.92. The number of hydrogen-bond acceptors (Lipinski definition) is 2. The van der Waals surface area contributed by atoms with Crippen LogP contribution in [0.2, 0.25) is 0 Å². The highest BCUT2D eigenvalue weighted by atomic mass is 79.9. The third kappa shape index (κ3) is 5.68. The summed E-state index contributed by atoms with van der Waals surface area (Å²) in [7, 11) is 0. The third-order valence-corrected chi connectivity index (χ3v) is 3.59. The number of ether oxygens (including phenoxy) is 1. The van der Waals surface area contributed by atoms with Crippen LogP contribution in [0.1, 0.15) is 39.7 Å². The quantitative estimate of drug-likeness (QED) is 0.728. The molecule has 1 aromatic rings. The normalized spacial score (nSPS) is 12.0. The van der Waals surface area contributed by atoms with E-state index in [1.54, 1.807) is 0 Å². The molecular weight excluding hydrogens is 314 g/mol. The molecule has 20 heavy (non-hydrogen) atoms. The van der Waals surface area contributed by atoms with Gasteiger partial charge in [-0.25, -0.2) is 0 Å². The summed E-state index contributed by atoms with van der Waals surface area (Å²) in [6, 6.07) is 6.19. The Bertz CT molecular complexity index is 441. The second-order valence-electron chi connectivity index (χ2n) is 5.18. The summed E-state index contributed by atoms with van der Waals surface area (Å²) in [5, 5.41) is 3.41. The smallest absolute Gasteiger partial charge is 0.126 e. The highest BCUT2D eigenvalue weighted by Gasteiger charge is 2.07. The van der Waals surface area contributed by atoms with Gasteiger partial charge in [-0.3, -0.25) is 0 Å². The molecule has 0 aliphatic rings. The molecule has 0 aromatic heterocycles. The molecule has 0 bridgehead atoms. The van der Waals surface area contributed by atoms with Crippen LogP contribution >= 0.6 is 15.9 Å². The number of benzene rings is 1. The maximum Gasteiger partial charge on any atom is 0.126 e. The molecule has 0 aliphatic carbocycles. The first kappa shape index (κ1) is 17.3. The van der Waals surface area contributed by atoms with Crippen LogP contribution < -0.4 is 10.1 Å². The Morgan fingerprint density at radius 3 is 2.70 bits per heavy atom. The van der Waals surface area contributed by atoms with E-state index in [2.05, 4.69) is 61.1 Å². The molecule has 3 heteroatoms. The van der Waals surface area contributed by atoms with Crippen LogP contribution in [0.4, 0.5) is 0 Å². The van der Waals surface area contributed by atoms with Gasteiger partial charge in [0.1, 0.15) is 5.75 Å². The molecular formula is C17H26BrNO. The van der Waals surface area contributed by atoms with Crippen molar-refractivity contribution >= 4 is 22.0 Å². The first-order valence-electron chi connectivity index (χ1n) is 7.42. The topological polar surface area (TPSA) is 21.3 Å². The van der Waals surface area contributed by atoms with Crippen molar-refractivity contribution in [2.45, 2.75) is 34.1 Å². The predicted molar refractivity (Wildman–Crippen MR) is 91.3 cm³/mol. The van der Waals surface area contributed by atoms with E-state index >= 15 is 0 Å². The summed E-state index contributed by atoms with van der Waals surface area (Å²) in [5.74, 6) is 1.48. The molecule has 2 nitrogen and oxygen atoms in total. The van der Waals surface area contributed by atoms with Crippen LogP contribution in [-0.2, 0) is 0 Å². The summed E-state index contributed by atoms with van der Waals surface area (Å²) in [4.78, 5) is 0.